The summed E-state index contributed by atoms with van der Waals surface area (Å²) in [6.45, 7) is 2.96. The molecule has 1 aromatic carbocycles. The number of carboxylic acid groups (broad SMARTS) is 1. The lowest BCUT2D eigenvalue weighted by molar-refractivity contribution is 0.0503. The summed E-state index contributed by atoms with van der Waals surface area (Å²) >= 11 is 9.53. The van der Waals surface area contributed by atoms with E-state index in [9.17, 15) is 4.79 Å². The molecule has 0 bridgehead atoms. The Morgan fingerprint density at radius 3 is 3.00 bits per heavy atom. The summed E-state index contributed by atoms with van der Waals surface area (Å²) in [5, 5.41) is 9.75. The first kappa shape index (κ1) is 14.0. The summed E-state index contributed by atoms with van der Waals surface area (Å²) in [4.78, 5) is 14.8. The highest BCUT2D eigenvalue weighted by Crippen LogP contribution is 2.34. The largest absolute Gasteiger partial charge is 0.492 e. The zero-order valence-electron chi connectivity index (χ0n) is 10.7. The Balaban J connectivity index is 1.83. The highest BCUT2D eigenvalue weighted by molar-refractivity contribution is 9.10. The Bertz CT molecular complexity index is 555. The number of hydrogen-bond donors (Lipinski definition) is 1. The Morgan fingerprint density at radius 2 is 2.25 bits per heavy atom. The van der Waals surface area contributed by atoms with E-state index in [2.05, 4.69) is 20.8 Å². The quantitative estimate of drug-likeness (QED) is 0.772. The fourth-order valence-corrected chi connectivity index (χ4v) is 3.17. The van der Waals surface area contributed by atoms with Crippen molar-refractivity contribution in [2.24, 2.45) is 0 Å². The van der Waals surface area contributed by atoms with E-state index in [4.69, 9.17) is 21.4 Å². The van der Waals surface area contributed by atoms with E-state index >= 15 is 0 Å². The zero-order valence-corrected chi connectivity index (χ0v) is 13.0. The van der Waals surface area contributed by atoms with Gasteiger partial charge in [0.2, 0.25) is 0 Å². The van der Waals surface area contributed by atoms with Crippen LogP contribution in [0, 0.1) is 0 Å². The summed E-state index contributed by atoms with van der Waals surface area (Å²) in [5.41, 5.74) is 1.05. The maximum atomic E-state index is 11.1. The minimum Gasteiger partial charge on any atom is -0.492 e. The minimum atomic E-state index is -0.864. The average molecular weight is 362 g/mol. The van der Waals surface area contributed by atoms with Crippen LogP contribution in [0.2, 0.25) is 5.02 Å². The highest BCUT2D eigenvalue weighted by Gasteiger charge is 2.32. The van der Waals surface area contributed by atoms with E-state index in [-0.39, 0.29) is 6.04 Å². The van der Waals surface area contributed by atoms with Gasteiger partial charge >= 0.3 is 6.09 Å². The number of halogens is 2. The summed E-state index contributed by atoms with van der Waals surface area (Å²) in [6, 6.07) is 3.88. The van der Waals surface area contributed by atoms with Crippen molar-refractivity contribution in [3.8, 4) is 5.75 Å². The number of ether oxygens (including phenoxy) is 1. The summed E-state index contributed by atoms with van der Waals surface area (Å²) in [7, 11) is 0. The van der Waals surface area contributed by atoms with E-state index < -0.39 is 6.09 Å². The van der Waals surface area contributed by atoms with Crippen LogP contribution >= 0.6 is 27.5 Å². The van der Waals surface area contributed by atoms with Gasteiger partial charge in [0.05, 0.1) is 11.1 Å². The van der Waals surface area contributed by atoms with Crippen molar-refractivity contribution in [3.05, 3.63) is 27.2 Å². The molecule has 2 aliphatic heterocycles. The van der Waals surface area contributed by atoms with E-state index in [0.717, 1.165) is 22.3 Å². The molecule has 5 nitrogen and oxygen atoms in total. The van der Waals surface area contributed by atoms with Crippen LogP contribution in [0.1, 0.15) is 5.56 Å². The fourth-order valence-electron chi connectivity index (χ4n) is 2.67. The van der Waals surface area contributed by atoms with Crippen molar-refractivity contribution in [2.45, 2.75) is 12.6 Å². The molecule has 2 aliphatic rings. The maximum Gasteiger partial charge on any atom is 0.407 e. The van der Waals surface area contributed by atoms with Crippen molar-refractivity contribution in [1.29, 1.82) is 0 Å². The second-order valence-electron chi connectivity index (χ2n) is 5.04. The number of amides is 1. The molecule has 1 fully saturated rings. The number of rotatable bonds is 0. The van der Waals surface area contributed by atoms with Gasteiger partial charge in [-0.2, -0.15) is 0 Å². The molecule has 0 aliphatic carbocycles. The topological polar surface area (TPSA) is 53.0 Å². The third-order valence-electron chi connectivity index (χ3n) is 3.78. The van der Waals surface area contributed by atoms with E-state index in [1.807, 2.05) is 12.1 Å². The van der Waals surface area contributed by atoms with E-state index in [1.165, 1.54) is 4.90 Å². The van der Waals surface area contributed by atoms with Gasteiger partial charge in [-0.05, 0) is 28.1 Å². The summed E-state index contributed by atoms with van der Waals surface area (Å²) < 4.78 is 6.64. The average Bonchev–Trinajstić information content (AvgIpc) is 2.58. The second-order valence-corrected chi connectivity index (χ2v) is 6.30. The van der Waals surface area contributed by atoms with Gasteiger partial charge in [-0.1, -0.05) is 11.6 Å². The number of benzene rings is 1. The van der Waals surface area contributed by atoms with Gasteiger partial charge in [0.25, 0.3) is 0 Å². The summed E-state index contributed by atoms with van der Waals surface area (Å²) in [6.07, 6.45) is -0.864. The molecule has 1 amide bonds. The maximum absolute atomic E-state index is 11.1. The first-order valence-electron chi connectivity index (χ1n) is 6.37. The Labute approximate surface area is 130 Å². The molecule has 1 atom stereocenters. The molecule has 1 N–H and O–H groups in total. The van der Waals surface area contributed by atoms with Crippen LogP contribution < -0.4 is 4.74 Å². The Hall–Kier alpha value is -0.980. The Morgan fingerprint density at radius 1 is 1.45 bits per heavy atom. The van der Waals surface area contributed by atoms with Crippen LogP contribution in [-0.2, 0) is 6.54 Å². The third kappa shape index (κ3) is 2.60. The van der Waals surface area contributed by atoms with Crippen molar-refractivity contribution in [1.82, 2.24) is 9.80 Å². The number of nitrogens with zero attached hydrogens (tertiary/aromatic N) is 2. The lowest BCUT2D eigenvalue weighted by Crippen LogP contribution is -2.55. The SMILES string of the molecule is O=C(O)N1CCN2Cc3cc(Cl)c(Br)cc3OC[C@@H]2C1. The lowest BCUT2D eigenvalue weighted by atomic mass is 10.1. The van der Waals surface area contributed by atoms with Crippen molar-refractivity contribution in [3.63, 3.8) is 0 Å². The normalized spacial score (nSPS) is 22.5. The molecule has 0 radical (unpaired) electrons. The first-order chi connectivity index (χ1) is 9.54. The molecule has 2 heterocycles. The van der Waals surface area contributed by atoms with E-state index in [0.29, 0.717) is 31.3 Å². The van der Waals surface area contributed by atoms with Crippen LogP contribution in [0.4, 0.5) is 4.79 Å². The Kier molecular flexibility index (Phi) is 3.79. The van der Waals surface area contributed by atoms with Crippen LogP contribution in [0.5, 0.6) is 5.75 Å². The van der Waals surface area contributed by atoms with Crippen LogP contribution in [0.15, 0.2) is 16.6 Å². The fraction of sp³-hybridized carbons (Fsp3) is 0.462. The first-order valence-corrected chi connectivity index (χ1v) is 7.54. The molecule has 0 unspecified atom stereocenters. The molecule has 0 aromatic heterocycles. The molecule has 1 saturated heterocycles. The standard InChI is InChI=1S/C13H14BrClN2O3/c14-10-4-12-8(3-11(10)15)5-16-1-2-17(13(18)19)6-9(16)7-20-12/h3-4,9H,1-2,5-7H2,(H,18,19)/t9-/m0/s1. The molecule has 7 heteroatoms. The molecule has 0 saturated carbocycles. The van der Waals surface area contributed by atoms with Crippen LogP contribution in [0.25, 0.3) is 0 Å². The predicted molar refractivity (Wildman–Crippen MR) is 78.4 cm³/mol. The number of piperazine rings is 1. The molecule has 20 heavy (non-hydrogen) atoms. The van der Waals surface area contributed by atoms with Gasteiger partial charge < -0.3 is 14.7 Å². The van der Waals surface area contributed by atoms with Gasteiger partial charge in [0, 0.05) is 36.2 Å². The van der Waals surface area contributed by atoms with Crippen molar-refractivity contribution < 1.29 is 14.6 Å². The monoisotopic (exact) mass is 360 g/mol. The highest BCUT2D eigenvalue weighted by atomic mass is 79.9. The third-order valence-corrected chi connectivity index (χ3v) is 4.98. The smallest absolute Gasteiger partial charge is 0.407 e. The molecule has 108 valence electrons. The van der Waals surface area contributed by atoms with Crippen molar-refractivity contribution in [2.75, 3.05) is 26.2 Å². The van der Waals surface area contributed by atoms with Crippen LogP contribution in [-0.4, -0.2) is 53.3 Å². The predicted octanol–water partition coefficient (Wildman–Crippen LogP) is 2.66. The lowest BCUT2D eigenvalue weighted by Gasteiger charge is -2.38. The number of carbonyl (C=O) groups is 1. The van der Waals surface area contributed by atoms with E-state index in [1.54, 1.807) is 0 Å². The second kappa shape index (κ2) is 5.42. The summed E-state index contributed by atoms with van der Waals surface area (Å²) in [5.74, 6) is 0.817. The van der Waals surface area contributed by atoms with Gasteiger partial charge in [-0.15, -0.1) is 0 Å². The minimum absolute atomic E-state index is 0.0878. The molecular weight excluding hydrogens is 348 g/mol. The number of hydrogen-bond acceptors (Lipinski definition) is 3. The van der Waals surface area contributed by atoms with Gasteiger partial charge in [0.15, 0.2) is 0 Å². The van der Waals surface area contributed by atoms with Crippen LogP contribution in [0.3, 0.4) is 0 Å². The number of fused-ring (bicyclic) bond motifs is 2. The molecule has 3 rings (SSSR count). The van der Waals surface area contributed by atoms with Gasteiger partial charge in [-0.25, -0.2) is 4.79 Å². The van der Waals surface area contributed by atoms with Gasteiger partial charge in [0.1, 0.15) is 12.4 Å². The van der Waals surface area contributed by atoms with Crippen molar-refractivity contribution >= 4 is 33.6 Å². The zero-order chi connectivity index (χ0) is 14.3. The van der Waals surface area contributed by atoms with Gasteiger partial charge in [-0.3, -0.25) is 4.90 Å². The molecule has 0 spiro atoms. The molecular formula is C13H14BrClN2O3. The molecule has 1 aromatic rings.